The summed E-state index contributed by atoms with van der Waals surface area (Å²) in [5.74, 6) is 0. The molecule has 0 saturated carbocycles. The van der Waals surface area contributed by atoms with Crippen LogP contribution in [0.3, 0.4) is 0 Å². The molecule has 1 aromatic heterocycles. The van der Waals surface area contributed by atoms with Gasteiger partial charge in [-0.25, -0.2) is 0 Å². The van der Waals surface area contributed by atoms with E-state index in [2.05, 4.69) is 23.8 Å². The fraction of sp³-hybridized carbons (Fsp3) is 0.429. The number of rotatable bonds is 5. The van der Waals surface area contributed by atoms with Crippen molar-refractivity contribution in [2.45, 2.75) is 26.3 Å². The van der Waals surface area contributed by atoms with Gasteiger partial charge in [0, 0.05) is 23.2 Å². The zero-order valence-corrected chi connectivity index (χ0v) is 11.5. The maximum atomic E-state index is 6.22. The second-order valence-electron chi connectivity index (χ2n) is 4.60. The Labute approximate surface area is 113 Å². The van der Waals surface area contributed by atoms with Gasteiger partial charge >= 0.3 is 0 Å². The molecular formula is C14H20ClN3. The van der Waals surface area contributed by atoms with Gasteiger partial charge in [-0.3, -0.25) is 0 Å². The first kappa shape index (κ1) is 13.4. The van der Waals surface area contributed by atoms with Crippen molar-refractivity contribution in [3.8, 4) is 0 Å². The van der Waals surface area contributed by atoms with Crippen LogP contribution in [-0.4, -0.2) is 17.7 Å². The van der Waals surface area contributed by atoms with Crippen molar-refractivity contribution in [1.29, 1.82) is 0 Å². The Morgan fingerprint density at radius 1 is 1.22 bits per heavy atom. The van der Waals surface area contributed by atoms with Crippen LogP contribution in [0, 0.1) is 6.92 Å². The first-order chi connectivity index (χ1) is 8.69. The summed E-state index contributed by atoms with van der Waals surface area (Å²) in [7, 11) is 0. The Hall–Kier alpha value is -1.03. The van der Waals surface area contributed by atoms with Crippen LogP contribution in [0.15, 0.2) is 18.3 Å². The van der Waals surface area contributed by atoms with E-state index < -0.39 is 0 Å². The molecule has 4 N–H and O–H groups in total. The average Bonchev–Trinajstić information content (AvgIpc) is 2.71. The third-order valence-electron chi connectivity index (χ3n) is 3.33. The Morgan fingerprint density at radius 3 is 2.67 bits per heavy atom. The third kappa shape index (κ3) is 2.39. The summed E-state index contributed by atoms with van der Waals surface area (Å²) in [4.78, 5) is 0. The molecule has 1 heterocycles. The number of nitrogens with zero attached hydrogens (tertiary/aromatic N) is 1. The second-order valence-corrected chi connectivity index (χ2v) is 5.00. The third-order valence-corrected chi connectivity index (χ3v) is 3.74. The number of halogens is 1. The minimum atomic E-state index is 0.664. The molecule has 0 radical (unpaired) electrons. The number of fused-ring (bicyclic) bond motifs is 1. The monoisotopic (exact) mass is 265 g/mol. The van der Waals surface area contributed by atoms with Crippen LogP contribution < -0.4 is 11.5 Å². The average molecular weight is 266 g/mol. The number of hydrogen-bond donors (Lipinski definition) is 2. The predicted octanol–water partition coefficient (Wildman–Crippen LogP) is 2.45. The highest BCUT2D eigenvalue weighted by atomic mass is 35.5. The van der Waals surface area contributed by atoms with Crippen molar-refractivity contribution < 1.29 is 0 Å². The predicted molar refractivity (Wildman–Crippen MR) is 78.1 cm³/mol. The molecule has 0 unspecified atom stereocenters. The number of benzene rings is 1. The fourth-order valence-electron chi connectivity index (χ4n) is 2.42. The number of aromatic nitrogens is 1. The standard InChI is InChI=1S/C14H20ClN3/c1-10-13(15)4-3-12-11(5-7-17)9-18(14(10)12)8-2-6-16/h3-4,9H,2,5-8,16-17H2,1H3. The van der Waals surface area contributed by atoms with E-state index in [-0.39, 0.29) is 0 Å². The zero-order chi connectivity index (χ0) is 13.1. The molecule has 0 aliphatic rings. The highest BCUT2D eigenvalue weighted by molar-refractivity contribution is 6.32. The van der Waals surface area contributed by atoms with E-state index in [0.29, 0.717) is 13.1 Å². The first-order valence-corrected chi connectivity index (χ1v) is 6.73. The highest BCUT2D eigenvalue weighted by Gasteiger charge is 2.11. The summed E-state index contributed by atoms with van der Waals surface area (Å²) in [5.41, 5.74) is 14.9. The van der Waals surface area contributed by atoms with Gasteiger partial charge in [0.25, 0.3) is 0 Å². The van der Waals surface area contributed by atoms with Gasteiger partial charge in [0.15, 0.2) is 0 Å². The smallest absolute Gasteiger partial charge is 0.0527 e. The SMILES string of the molecule is Cc1c(Cl)ccc2c(CCN)cn(CCCN)c12. The van der Waals surface area contributed by atoms with Crippen LogP contribution in [0.5, 0.6) is 0 Å². The molecule has 0 saturated heterocycles. The van der Waals surface area contributed by atoms with E-state index in [1.165, 1.54) is 16.5 Å². The molecule has 2 aromatic rings. The number of nitrogens with two attached hydrogens (primary N) is 2. The molecule has 18 heavy (non-hydrogen) atoms. The van der Waals surface area contributed by atoms with Crippen LogP contribution in [0.25, 0.3) is 10.9 Å². The molecule has 0 spiro atoms. The lowest BCUT2D eigenvalue weighted by atomic mass is 10.1. The van der Waals surface area contributed by atoms with Gasteiger partial charge in [0.05, 0.1) is 5.52 Å². The molecule has 0 aliphatic heterocycles. The Morgan fingerprint density at radius 2 is 2.00 bits per heavy atom. The molecule has 0 fully saturated rings. The van der Waals surface area contributed by atoms with Gasteiger partial charge in [-0.2, -0.15) is 0 Å². The number of aryl methyl sites for hydroxylation is 2. The summed E-state index contributed by atoms with van der Waals surface area (Å²) >= 11 is 6.22. The minimum absolute atomic E-state index is 0.664. The van der Waals surface area contributed by atoms with Crippen molar-refractivity contribution in [3.63, 3.8) is 0 Å². The Bertz CT molecular complexity index is 545. The largest absolute Gasteiger partial charge is 0.347 e. The summed E-state index contributed by atoms with van der Waals surface area (Å²) < 4.78 is 2.26. The van der Waals surface area contributed by atoms with E-state index in [1.54, 1.807) is 0 Å². The van der Waals surface area contributed by atoms with E-state index in [4.69, 9.17) is 23.1 Å². The second kappa shape index (κ2) is 5.74. The lowest BCUT2D eigenvalue weighted by Crippen LogP contribution is -2.05. The van der Waals surface area contributed by atoms with Crippen molar-refractivity contribution in [3.05, 3.63) is 34.5 Å². The van der Waals surface area contributed by atoms with Crippen LogP contribution in [0.4, 0.5) is 0 Å². The topological polar surface area (TPSA) is 57.0 Å². The van der Waals surface area contributed by atoms with E-state index in [0.717, 1.165) is 30.0 Å². The molecular weight excluding hydrogens is 246 g/mol. The van der Waals surface area contributed by atoms with Gasteiger partial charge in [0.2, 0.25) is 0 Å². The molecule has 0 aliphatic carbocycles. The summed E-state index contributed by atoms with van der Waals surface area (Å²) in [6.45, 7) is 4.36. The Kier molecular flexibility index (Phi) is 4.27. The van der Waals surface area contributed by atoms with Gasteiger partial charge in [-0.15, -0.1) is 0 Å². The maximum absolute atomic E-state index is 6.22. The lowest BCUT2D eigenvalue weighted by molar-refractivity contribution is 0.667. The van der Waals surface area contributed by atoms with Gasteiger partial charge in [-0.1, -0.05) is 17.7 Å². The maximum Gasteiger partial charge on any atom is 0.0527 e. The summed E-state index contributed by atoms with van der Waals surface area (Å²) in [5, 5.41) is 2.08. The Balaban J connectivity index is 2.57. The van der Waals surface area contributed by atoms with Crippen molar-refractivity contribution in [2.75, 3.05) is 13.1 Å². The van der Waals surface area contributed by atoms with Crippen molar-refractivity contribution >= 4 is 22.5 Å². The summed E-state index contributed by atoms with van der Waals surface area (Å²) in [6, 6.07) is 4.06. The zero-order valence-electron chi connectivity index (χ0n) is 10.7. The molecule has 1 aromatic carbocycles. The molecule has 0 bridgehead atoms. The minimum Gasteiger partial charge on any atom is -0.347 e. The van der Waals surface area contributed by atoms with Crippen molar-refractivity contribution in [2.24, 2.45) is 11.5 Å². The van der Waals surface area contributed by atoms with Crippen LogP contribution >= 0.6 is 11.6 Å². The molecule has 4 heteroatoms. The van der Waals surface area contributed by atoms with Gasteiger partial charge in [-0.05, 0) is 50.0 Å². The van der Waals surface area contributed by atoms with E-state index >= 15 is 0 Å². The normalized spacial score (nSPS) is 11.3. The lowest BCUT2D eigenvalue weighted by Gasteiger charge is -2.07. The van der Waals surface area contributed by atoms with Crippen LogP contribution in [0.1, 0.15) is 17.5 Å². The first-order valence-electron chi connectivity index (χ1n) is 6.36. The van der Waals surface area contributed by atoms with Crippen LogP contribution in [0.2, 0.25) is 5.02 Å². The van der Waals surface area contributed by atoms with Gasteiger partial charge < -0.3 is 16.0 Å². The summed E-state index contributed by atoms with van der Waals surface area (Å²) in [6.07, 6.45) is 4.06. The molecule has 0 atom stereocenters. The van der Waals surface area contributed by atoms with Crippen molar-refractivity contribution in [1.82, 2.24) is 4.57 Å². The molecule has 0 amide bonds. The highest BCUT2D eigenvalue weighted by Crippen LogP contribution is 2.29. The van der Waals surface area contributed by atoms with Crippen LogP contribution in [-0.2, 0) is 13.0 Å². The molecule has 2 rings (SSSR count). The number of hydrogen-bond acceptors (Lipinski definition) is 2. The van der Waals surface area contributed by atoms with Gasteiger partial charge in [0.1, 0.15) is 0 Å². The fourth-order valence-corrected chi connectivity index (χ4v) is 2.57. The quantitative estimate of drug-likeness (QED) is 0.873. The van der Waals surface area contributed by atoms with E-state index in [9.17, 15) is 0 Å². The van der Waals surface area contributed by atoms with E-state index in [1.807, 2.05) is 6.07 Å². The molecule has 98 valence electrons. The molecule has 3 nitrogen and oxygen atoms in total.